The highest BCUT2D eigenvalue weighted by molar-refractivity contribution is 5.85. The number of aromatic nitrogens is 1. The standard InChI is InChI=1S/C14H21N3O2.2ClH/c18-17-9-5-14(6-10-17)13-15-19-12-11-16-7-3-1-2-4-8-16;;/h5-6,9-10,13H,1-4,7-8,11-12H2;2*1H/b15-13-;;. The molecule has 1 aromatic heterocycles. The molecule has 1 aromatic rings. The molecule has 0 amide bonds. The minimum Gasteiger partial charge on any atom is -0.619 e. The Bertz CT molecular complexity index is 394. The summed E-state index contributed by atoms with van der Waals surface area (Å²) in [6.07, 6.45) is 9.80. The lowest BCUT2D eigenvalue weighted by molar-refractivity contribution is -0.605. The maximum absolute atomic E-state index is 10.8. The largest absolute Gasteiger partial charge is 0.619 e. The van der Waals surface area contributed by atoms with Gasteiger partial charge in [-0.1, -0.05) is 18.0 Å². The van der Waals surface area contributed by atoms with E-state index >= 15 is 0 Å². The van der Waals surface area contributed by atoms with Crippen molar-refractivity contribution in [2.45, 2.75) is 25.7 Å². The van der Waals surface area contributed by atoms with Gasteiger partial charge in [-0.2, -0.15) is 4.73 Å². The van der Waals surface area contributed by atoms with Crippen LogP contribution in [-0.4, -0.2) is 37.4 Å². The molecule has 1 fully saturated rings. The number of pyridine rings is 1. The molecular formula is C14H23Cl2N3O2. The van der Waals surface area contributed by atoms with Crippen LogP contribution in [0.1, 0.15) is 31.2 Å². The Morgan fingerprint density at radius 3 is 2.38 bits per heavy atom. The molecule has 0 aromatic carbocycles. The molecule has 7 heteroatoms. The lowest BCUT2D eigenvalue weighted by Gasteiger charge is -2.18. The van der Waals surface area contributed by atoms with Crippen LogP contribution in [0.4, 0.5) is 0 Å². The molecule has 2 rings (SSSR count). The van der Waals surface area contributed by atoms with Gasteiger partial charge < -0.3 is 10.0 Å². The summed E-state index contributed by atoms with van der Waals surface area (Å²) in [4.78, 5) is 7.69. The van der Waals surface area contributed by atoms with Crippen molar-refractivity contribution in [3.05, 3.63) is 35.3 Å². The highest BCUT2D eigenvalue weighted by Crippen LogP contribution is 2.08. The third-order valence-corrected chi connectivity index (χ3v) is 3.30. The molecule has 0 spiro atoms. The van der Waals surface area contributed by atoms with Gasteiger partial charge in [-0.3, -0.25) is 4.90 Å². The Labute approximate surface area is 138 Å². The maximum atomic E-state index is 10.8. The Kier molecular flexibility index (Phi) is 11.0. The number of nitrogens with zero attached hydrogens (tertiary/aromatic N) is 3. The molecule has 2 heterocycles. The van der Waals surface area contributed by atoms with Crippen molar-refractivity contribution < 1.29 is 9.57 Å². The van der Waals surface area contributed by atoms with E-state index in [0.717, 1.165) is 16.8 Å². The summed E-state index contributed by atoms with van der Waals surface area (Å²) in [6, 6.07) is 3.41. The number of hydrogen-bond acceptors (Lipinski definition) is 4. The third-order valence-electron chi connectivity index (χ3n) is 3.30. The Morgan fingerprint density at radius 1 is 1.14 bits per heavy atom. The quantitative estimate of drug-likeness (QED) is 0.273. The van der Waals surface area contributed by atoms with E-state index in [0.29, 0.717) is 6.61 Å². The molecule has 21 heavy (non-hydrogen) atoms. The van der Waals surface area contributed by atoms with Crippen molar-refractivity contribution in [2.75, 3.05) is 26.2 Å². The molecule has 5 nitrogen and oxygen atoms in total. The van der Waals surface area contributed by atoms with Crippen LogP contribution in [-0.2, 0) is 4.84 Å². The van der Waals surface area contributed by atoms with Crippen molar-refractivity contribution in [3.8, 4) is 0 Å². The van der Waals surface area contributed by atoms with Crippen LogP contribution in [0.25, 0.3) is 0 Å². The summed E-state index contributed by atoms with van der Waals surface area (Å²) in [5.74, 6) is 0. The predicted octanol–water partition coefficient (Wildman–Crippen LogP) is 2.39. The minimum absolute atomic E-state index is 0. The van der Waals surface area contributed by atoms with Gasteiger partial charge in [0.2, 0.25) is 0 Å². The first-order valence-electron chi connectivity index (χ1n) is 6.91. The number of oxime groups is 1. The highest BCUT2D eigenvalue weighted by Gasteiger charge is 2.07. The summed E-state index contributed by atoms with van der Waals surface area (Å²) in [7, 11) is 0. The molecule has 0 aliphatic carbocycles. The Balaban J connectivity index is 0.00000200. The lowest BCUT2D eigenvalue weighted by atomic mass is 10.2. The molecule has 0 radical (unpaired) electrons. The van der Waals surface area contributed by atoms with E-state index in [1.807, 2.05) is 0 Å². The van der Waals surface area contributed by atoms with Crippen LogP contribution in [0.15, 0.2) is 29.7 Å². The normalized spacial score (nSPS) is 15.8. The molecule has 1 aliphatic rings. The molecule has 1 aliphatic heterocycles. The van der Waals surface area contributed by atoms with Crippen molar-refractivity contribution in [1.29, 1.82) is 0 Å². The first kappa shape index (κ1) is 20.0. The lowest BCUT2D eigenvalue weighted by Crippen LogP contribution is -2.28. The number of hydrogen-bond donors (Lipinski definition) is 0. The third kappa shape index (κ3) is 8.09. The van der Waals surface area contributed by atoms with Gasteiger partial charge in [-0.25, -0.2) is 0 Å². The zero-order valence-electron chi connectivity index (χ0n) is 12.0. The second kappa shape index (κ2) is 11.6. The molecule has 0 N–H and O–H groups in total. The second-order valence-corrected chi connectivity index (χ2v) is 4.81. The monoisotopic (exact) mass is 335 g/mol. The van der Waals surface area contributed by atoms with Gasteiger partial charge in [0.15, 0.2) is 12.4 Å². The highest BCUT2D eigenvalue weighted by atomic mass is 35.5. The van der Waals surface area contributed by atoms with Crippen LogP contribution >= 0.6 is 24.8 Å². The summed E-state index contributed by atoms with van der Waals surface area (Å²) >= 11 is 0. The van der Waals surface area contributed by atoms with Gasteiger partial charge in [0.1, 0.15) is 6.61 Å². The van der Waals surface area contributed by atoms with Crippen molar-refractivity contribution in [3.63, 3.8) is 0 Å². The Hall–Kier alpha value is -1.04. The van der Waals surface area contributed by atoms with Crippen molar-refractivity contribution >= 4 is 31.0 Å². The maximum Gasteiger partial charge on any atom is 0.181 e. The molecule has 0 bridgehead atoms. The van der Waals surface area contributed by atoms with Gasteiger partial charge >= 0.3 is 0 Å². The topological polar surface area (TPSA) is 51.8 Å². The number of likely N-dealkylation sites (tertiary alicyclic amines) is 1. The first-order chi connectivity index (χ1) is 9.34. The average molecular weight is 336 g/mol. The molecule has 120 valence electrons. The van der Waals surface area contributed by atoms with Crippen molar-refractivity contribution in [2.24, 2.45) is 5.16 Å². The molecule has 1 saturated heterocycles. The summed E-state index contributed by atoms with van der Waals surface area (Å²) in [5, 5.41) is 14.8. The molecule has 0 unspecified atom stereocenters. The zero-order valence-corrected chi connectivity index (χ0v) is 13.7. The SMILES string of the molecule is Cl.Cl.[O-][n+]1ccc(/C=N\OCCN2CCCCCC2)cc1. The smallest absolute Gasteiger partial charge is 0.181 e. The summed E-state index contributed by atoms with van der Waals surface area (Å²) in [6.45, 7) is 3.90. The van der Waals surface area contributed by atoms with E-state index in [2.05, 4.69) is 10.1 Å². The average Bonchev–Trinajstić information content (AvgIpc) is 2.69. The number of halogens is 2. The van der Waals surface area contributed by atoms with Crippen LogP contribution in [0, 0.1) is 5.21 Å². The van der Waals surface area contributed by atoms with E-state index in [9.17, 15) is 5.21 Å². The summed E-state index contributed by atoms with van der Waals surface area (Å²) in [5.41, 5.74) is 0.863. The van der Waals surface area contributed by atoms with Gasteiger partial charge in [0.05, 0.1) is 6.21 Å². The summed E-state index contributed by atoms with van der Waals surface area (Å²) < 4.78 is 0.748. The van der Waals surface area contributed by atoms with E-state index in [1.54, 1.807) is 18.3 Å². The minimum atomic E-state index is 0. The zero-order chi connectivity index (χ0) is 13.3. The van der Waals surface area contributed by atoms with Crippen LogP contribution in [0.5, 0.6) is 0 Å². The van der Waals surface area contributed by atoms with E-state index in [1.165, 1.54) is 51.2 Å². The molecular weight excluding hydrogens is 313 g/mol. The van der Waals surface area contributed by atoms with Gasteiger partial charge in [-0.15, -0.1) is 24.8 Å². The van der Waals surface area contributed by atoms with E-state index in [-0.39, 0.29) is 24.8 Å². The number of rotatable bonds is 5. The molecule has 0 saturated carbocycles. The van der Waals surface area contributed by atoms with Crippen LogP contribution in [0.2, 0.25) is 0 Å². The van der Waals surface area contributed by atoms with Gasteiger partial charge in [0.25, 0.3) is 0 Å². The fourth-order valence-electron chi connectivity index (χ4n) is 2.19. The van der Waals surface area contributed by atoms with E-state index in [4.69, 9.17) is 4.84 Å². The fourth-order valence-corrected chi connectivity index (χ4v) is 2.19. The fraction of sp³-hybridized carbons (Fsp3) is 0.571. The van der Waals surface area contributed by atoms with E-state index < -0.39 is 0 Å². The molecule has 0 atom stereocenters. The van der Waals surface area contributed by atoms with Crippen LogP contribution in [0.3, 0.4) is 0 Å². The van der Waals surface area contributed by atoms with Crippen molar-refractivity contribution in [1.82, 2.24) is 4.90 Å². The second-order valence-electron chi connectivity index (χ2n) is 4.81. The van der Waals surface area contributed by atoms with Crippen LogP contribution < -0.4 is 4.73 Å². The van der Waals surface area contributed by atoms with Gasteiger partial charge in [-0.05, 0) is 25.9 Å². The van der Waals surface area contributed by atoms with Gasteiger partial charge in [0, 0.05) is 24.2 Å². The predicted molar refractivity (Wildman–Crippen MR) is 88.4 cm³/mol. The Morgan fingerprint density at radius 2 is 1.76 bits per heavy atom. The first-order valence-corrected chi connectivity index (χ1v) is 6.91.